The fourth-order valence-corrected chi connectivity index (χ4v) is 10.3. The highest BCUT2D eigenvalue weighted by Gasteiger charge is 2.94. The molecule has 32 heteroatoms. The standard InChI is InChI=1S/C48H74O32/c1-2-3-4-5-6-7-8-9-10-11-12-44(33(69)23(59)13-49,34(70)24(60)14-50)46(37(73)27(63)17-53,38(74)28(64)18-54)48(41(77)31(67)21-57,42(78)32(68)22-58)47(39(75)29(65)19-55,40(76)30(66)20-56)45(43(79)80,35(71)25(61)15-51)36(72)26(62)16-52/h9-10,23-32,49-68H,2-8,11-22H2,1H3,(H,79,80)/b10-9-. The largest absolute Gasteiger partial charge is 0.480 e. The molecule has 80 heavy (non-hydrogen) atoms. The summed E-state index contributed by atoms with van der Waals surface area (Å²) in [6.45, 7) is -22.7. The van der Waals surface area contributed by atoms with Crippen LogP contribution in [0.4, 0.5) is 0 Å². The first-order chi connectivity index (χ1) is 37.4. The molecule has 0 spiro atoms. The Kier molecular flexibility index (Phi) is 31.2. The van der Waals surface area contributed by atoms with Crippen LogP contribution in [0.25, 0.3) is 0 Å². The maximum absolute atomic E-state index is 16.4. The van der Waals surface area contributed by atoms with Crippen LogP contribution in [0.1, 0.15) is 64.7 Å². The van der Waals surface area contributed by atoms with Crippen molar-refractivity contribution in [3.05, 3.63) is 12.2 Å². The molecule has 0 rings (SSSR count). The van der Waals surface area contributed by atoms with Crippen LogP contribution >= 0.6 is 0 Å². The van der Waals surface area contributed by atoms with Crippen LogP contribution in [0, 0.1) is 27.1 Å². The van der Waals surface area contributed by atoms with Gasteiger partial charge in [0.15, 0.2) is 57.8 Å². The van der Waals surface area contributed by atoms with Gasteiger partial charge in [-0.15, -0.1) is 0 Å². The predicted octanol–water partition coefficient (Wildman–Crippen LogP) is -11.7. The van der Waals surface area contributed by atoms with E-state index in [-0.39, 0.29) is 12.8 Å². The molecule has 0 aliphatic heterocycles. The molecule has 21 N–H and O–H groups in total. The molecular formula is C48H74O32. The minimum atomic E-state index is -6.74. The molecule has 10 atom stereocenters. The zero-order valence-electron chi connectivity index (χ0n) is 43.2. The monoisotopic (exact) mass is 1160 g/mol. The summed E-state index contributed by atoms with van der Waals surface area (Å²) in [5, 5.41) is 232. The number of hydrogen-bond acceptors (Lipinski definition) is 31. The Morgan fingerprint density at radius 3 is 0.838 bits per heavy atom. The fourth-order valence-electron chi connectivity index (χ4n) is 10.3. The number of rotatable bonds is 45. The van der Waals surface area contributed by atoms with Crippen LogP contribution in [0.2, 0.25) is 0 Å². The normalized spacial score (nSPS) is 19.6. The van der Waals surface area contributed by atoms with E-state index in [1.54, 1.807) is 0 Å². The van der Waals surface area contributed by atoms with Crippen molar-refractivity contribution in [1.29, 1.82) is 0 Å². The lowest BCUT2D eigenvalue weighted by Crippen LogP contribution is -2.88. The zero-order chi connectivity index (χ0) is 62.5. The van der Waals surface area contributed by atoms with Gasteiger partial charge in [0.2, 0.25) is 5.41 Å². The highest BCUT2D eigenvalue weighted by Crippen LogP contribution is 2.71. The van der Waals surface area contributed by atoms with Gasteiger partial charge in [0, 0.05) is 0 Å². The van der Waals surface area contributed by atoms with Crippen LogP contribution in [-0.2, 0) is 52.7 Å². The second kappa shape index (κ2) is 33.3. The minimum Gasteiger partial charge on any atom is -0.480 e. The van der Waals surface area contributed by atoms with Crippen molar-refractivity contribution in [2.45, 2.75) is 126 Å². The van der Waals surface area contributed by atoms with Crippen molar-refractivity contribution in [2.75, 3.05) is 66.1 Å². The summed E-state index contributed by atoms with van der Waals surface area (Å²) in [7, 11) is 0. The average Bonchev–Trinajstić information content (AvgIpc) is 3.47. The van der Waals surface area contributed by atoms with E-state index in [9.17, 15) is 112 Å². The van der Waals surface area contributed by atoms with E-state index >= 15 is 47.9 Å². The smallest absolute Gasteiger partial charge is 0.326 e. The Balaban J connectivity index is 12.7. The molecule has 458 valence electrons. The van der Waals surface area contributed by atoms with E-state index in [4.69, 9.17) is 0 Å². The van der Waals surface area contributed by atoms with Gasteiger partial charge in [-0.05, 0) is 25.7 Å². The second-order valence-corrected chi connectivity index (χ2v) is 18.4. The molecule has 0 heterocycles. The van der Waals surface area contributed by atoms with Crippen LogP contribution in [0.3, 0.4) is 0 Å². The van der Waals surface area contributed by atoms with Gasteiger partial charge in [0.1, 0.15) is 82.7 Å². The number of ketones is 10. The molecular weight excluding hydrogens is 1090 g/mol. The lowest BCUT2D eigenvalue weighted by Gasteiger charge is -2.64. The van der Waals surface area contributed by atoms with Gasteiger partial charge in [0.25, 0.3) is 0 Å². The second-order valence-electron chi connectivity index (χ2n) is 18.4. The Hall–Kier alpha value is -4.89. The Labute approximate surface area is 454 Å². The van der Waals surface area contributed by atoms with E-state index in [0.29, 0.717) is 12.8 Å². The average molecular weight is 1160 g/mol. The molecule has 0 aliphatic rings. The highest BCUT2D eigenvalue weighted by molar-refractivity contribution is 6.40. The van der Waals surface area contributed by atoms with Gasteiger partial charge in [-0.2, -0.15) is 0 Å². The third-order valence-corrected chi connectivity index (χ3v) is 13.8. The summed E-state index contributed by atoms with van der Waals surface area (Å²) in [4.78, 5) is 175. The SMILES string of the molecule is CCCCCCCC/C=C\CCC(C(=O)C(O)CO)(C(=O)C(O)CO)C(C(=O)C(O)CO)(C(=O)C(O)CO)C(C(=O)C(O)CO)(C(=O)C(O)CO)C(C(=O)C(O)CO)(C(=O)C(O)CO)C(C(=O)O)(C(=O)C(O)CO)C(=O)C(O)CO. The van der Waals surface area contributed by atoms with Gasteiger partial charge >= 0.3 is 5.97 Å². The molecule has 0 aromatic heterocycles. The number of carboxylic acids is 1. The van der Waals surface area contributed by atoms with Gasteiger partial charge in [-0.25, -0.2) is 0 Å². The maximum atomic E-state index is 16.4. The Morgan fingerprint density at radius 1 is 0.312 bits per heavy atom. The Morgan fingerprint density at radius 2 is 0.550 bits per heavy atom. The topological polar surface area (TPSA) is 613 Å². The van der Waals surface area contributed by atoms with E-state index < -0.39 is 231 Å². The number of carboxylic acid groups (broad SMARTS) is 1. The number of unbranched alkanes of at least 4 members (excludes halogenated alkanes) is 6. The molecule has 0 saturated carbocycles. The number of hydrogen-bond donors (Lipinski definition) is 21. The number of carbonyl (C=O) groups excluding carboxylic acids is 10. The molecule has 0 radical (unpaired) electrons. The van der Waals surface area contributed by atoms with Crippen molar-refractivity contribution in [2.24, 2.45) is 27.1 Å². The van der Waals surface area contributed by atoms with Crippen molar-refractivity contribution in [3.8, 4) is 0 Å². The third kappa shape index (κ3) is 13.1. The van der Waals surface area contributed by atoms with Crippen molar-refractivity contribution >= 4 is 63.8 Å². The highest BCUT2D eigenvalue weighted by atomic mass is 16.4. The molecule has 0 bridgehead atoms. The van der Waals surface area contributed by atoms with Gasteiger partial charge in [-0.3, -0.25) is 52.7 Å². The van der Waals surface area contributed by atoms with Crippen LogP contribution in [0.15, 0.2) is 12.2 Å². The number of aliphatic hydroxyl groups is 20. The molecule has 32 nitrogen and oxygen atoms in total. The summed E-state index contributed by atoms with van der Waals surface area (Å²) in [5.41, 5.74) is -31.5. The molecule has 0 aromatic carbocycles. The lowest BCUT2D eigenvalue weighted by atomic mass is 9.29. The van der Waals surface area contributed by atoms with Crippen molar-refractivity contribution < 1.29 is 160 Å². The lowest BCUT2D eigenvalue weighted by molar-refractivity contribution is -0.228. The van der Waals surface area contributed by atoms with Crippen LogP contribution < -0.4 is 0 Å². The van der Waals surface area contributed by atoms with Crippen LogP contribution in [0.5, 0.6) is 0 Å². The predicted molar refractivity (Wildman–Crippen MR) is 257 cm³/mol. The van der Waals surface area contributed by atoms with Gasteiger partial charge < -0.3 is 107 Å². The molecule has 0 aliphatic carbocycles. The van der Waals surface area contributed by atoms with Crippen LogP contribution in [-0.4, -0.2) is 298 Å². The number of carbonyl (C=O) groups is 11. The summed E-state index contributed by atoms with van der Waals surface area (Å²) in [5.74, 6) is -38.8. The molecule has 0 aromatic rings. The molecule has 0 fully saturated rings. The van der Waals surface area contributed by atoms with E-state index in [2.05, 4.69) is 0 Å². The molecule has 10 unspecified atom stereocenters. The van der Waals surface area contributed by atoms with E-state index in [1.807, 2.05) is 6.92 Å². The van der Waals surface area contributed by atoms with Gasteiger partial charge in [-0.1, -0.05) is 51.2 Å². The van der Waals surface area contributed by atoms with E-state index in [0.717, 1.165) is 31.4 Å². The first-order valence-corrected chi connectivity index (χ1v) is 24.6. The minimum absolute atomic E-state index is 0.0444. The first-order valence-electron chi connectivity index (χ1n) is 24.6. The third-order valence-electron chi connectivity index (χ3n) is 13.8. The number of aliphatic hydroxyl groups excluding tert-OH is 20. The molecule has 0 saturated heterocycles. The van der Waals surface area contributed by atoms with Crippen molar-refractivity contribution in [1.82, 2.24) is 0 Å². The number of Topliss-reactive ketones (excluding diaryl/α,β-unsaturated/α-hetero) is 10. The summed E-state index contributed by atoms with van der Waals surface area (Å²) in [6, 6.07) is 0. The summed E-state index contributed by atoms with van der Waals surface area (Å²) >= 11 is 0. The number of aliphatic carboxylic acids is 1. The summed E-state index contributed by atoms with van der Waals surface area (Å²) in [6.07, 6.45) is -38.3. The van der Waals surface area contributed by atoms with E-state index in [1.165, 1.54) is 0 Å². The Bertz CT molecular complexity index is 2080. The quantitative estimate of drug-likeness (QED) is 0.0153. The van der Waals surface area contributed by atoms with Crippen molar-refractivity contribution in [3.63, 3.8) is 0 Å². The molecule has 0 amide bonds. The zero-order valence-corrected chi connectivity index (χ0v) is 43.2. The van der Waals surface area contributed by atoms with Gasteiger partial charge in [0.05, 0.1) is 66.1 Å². The first kappa shape index (κ1) is 75.1. The number of allylic oxidation sites excluding steroid dienone is 2. The summed E-state index contributed by atoms with van der Waals surface area (Å²) < 4.78 is 0. The fraction of sp³-hybridized carbons (Fsp3) is 0.729. The maximum Gasteiger partial charge on any atom is 0.326 e.